The number of hydrogen-bond donors (Lipinski definition) is 4. The Labute approximate surface area is 210 Å². The first-order chi connectivity index (χ1) is 17.4. The largest absolute Gasteiger partial charge is 0.399 e. The van der Waals surface area contributed by atoms with E-state index >= 15 is 0 Å². The average molecular weight is 496 g/mol. The van der Waals surface area contributed by atoms with Gasteiger partial charge in [-0.25, -0.2) is 10.1 Å². The standard InChI is InChI=1S/C26H33N5O5/c1-2-10-31(36-17-18-3-7-22(27)8-4-18)26(34)21-14-19-5-6-20(15-23(19)30-24(28)16-21)25(33)29-9-12-35-13-11-32/h3-8,14-15,32H,2,9-13,16-17,27H2,1H3,(H2,28,30)(H,29,33). The van der Waals surface area contributed by atoms with Crippen LogP contribution in [0.5, 0.6) is 0 Å². The number of aliphatic hydroxyl groups excluding tert-OH is 1. The summed E-state index contributed by atoms with van der Waals surface area (Å²) in [5, 5.41) is 12.8. The number of carbonyl (C=O) groups excluding carboxylic acids is 2. The Morgan fingerprint density at radius 1 is 1.14 bits per heavy atom. The first-order valence-corrected chi connectivity index (χ1v) is 11.8. The molecule has 0 saturated heterocycles. The van der Waals surface area contributed by atoms with Gasteiger partial charge in [0.25, 0.3) is 11.8 Å². The van der Waals surface area contributed by atoms with Crippen LogP contribution in [0.15, 0.2) is 53.0 Å². The number of hydroxylamine groups is 2. The first kappa shape index (κ1) is 26.9. The molecule has 2 aromatic rings. The summed E-state index contributed by atoms with van der Waals surface area (Å²) in [6, 6.07) is 12.3. The van der Waals surface area contributed by atoms with Crippen molar-refractivity contribution < 1.29 is 24.3 Å². The van der Waals surface area contributed by atoms with Crippen LogP contribution in [0.4, 0.5) is 11.4 Å². The minimum atomic E-state index is -0.289. The molecule has 6 N–H and O–H groups in total. The third-order valence-corrected chi connectivity index (χ3v) is 5.32. The highest BCUT2D eigenvalue weighted by molar-refractivity contribution is 6.05. The van der Waals surface area contributed by atoms with Gasteiger partial charge >= 0.3 is 0 Å². The van der Waals surface area contributed by atoms with E-state index in [0.29, 0.717) is 54.2 Å². The minimum absolute atomic E-state index is 0.0683. The summed E-state index contributed by atoms with van der Waals surface area (Å²) in [7, 11) is 0. The normalized spacial score (nSPS) is 12.7. The zero-order valence-corrected chi connectivity index (χ0v) is 20.4. The molecule has 0 unspecified atom stereocenters. The molecule has 1 heterocycles. The first-order valence-electron chi connectivity index (χ1n) is 11.8. The molecule has 0 spiro atoms. The predicted molar refractivity (Wildman–Crippen MR) is 138 cm³/mol. The molecule has 0 radical (unpaired) electrons. The number of carbonyl (C=O) groups is 2. The molecule has 0 aromatic heterocycles. The van der Waals surface area contributed by atoms with Crippen LogP contribution in [0.3, 0.4) is 0 Å². The summed E-state index contributed by atoms with van der Waals surface area (Å²) in [6.45, 7) is 3.36. The molecule has 2 aromatic carbocycles. The van der Waals surface area contributed by atoms with Gasteiger partial charge in [0.05, 0.1) is 25.5 Å². The summed E-state index contributed by atoms with van der Waals surface area (Å²) >= 11 is 0. The summed E-state index contributed by atoms with van der Waals surface area (Å²) < 4.78 is 5.15. The fourth-order valence-electron chi connectivity index (χ4n) is 3.53. The van der Waals surface area contributed by atoms with Crippen molar-refractivity contribution in [1.82, 2.24) is 10.4 Å². The van der Waals surface area contributed by atoms with Gasteiger partial charge in [0.15, 0.2) is 0 Å². The number of nitrogens with zero attached hydrogens (tertiary/aromatic N) is 2. The molecule has 1 aliphatic heterocycles. The number of hydrogen-bond acceptors (Lipinski definition) is 8. The molecule has 10 heteroatoms. The van der Waals surface area contributed by atoms with E-state index in [4.69, 9.17) is 26.1 Å². The fraction of sp³-hybridized carbons (Fsp3) is 0.346. The van der Waals surface area contributed by atoms with Crippen molar-refractivity contribution in [2.24, 2.45) is 10.7 Å². The van der Waals surface area contributed by atoms with Gasteiger partial charge in [-0.15, -0.1) is 0 Å². The number of ether oxygens (including phenoxy) is 1. The lowest BCUT2D eigenvalue weighted by molar-refractivity contribution is -0.187. The Hall–Kier alpha value is -3.73. The van der Waals surface area contributed by atoms with Crippen LogP contribution >= 0.6 is 0 Å². The fourth-order valence-corrected chi connectivity index (χ4v) is 3.53. The Kier molecular flexibility index (Phi) is 9.99. The highest BCUT2D eigenvalue weighted by atomic mass is 16.7. The van der Waals surface area contributed by atoms with Gasteiger partial charge < -0.3 is 26.6 Å². The number of nitrogens with two attached hydrogens (primary N) is 2. The van der Waals surface area contributed by atoms with Gasteiger partial charge in [-0.1, -0.05) is 25.1 Å². The second-order valence-corrected chi connectivity index (χ2v) is 8.24. The minimum Gasteiger partial charge on any atom is -0.399 e. The average Bonchev–Trinajstić information content (AvgIpc) is 3.04. The quantitative estimate of drug-likeness (QED) is 0.200. The molecule has 192 valence electrons. The maximum Gasteiger partial charge on any atom is 0.273 e. The van der Waals surface area contributed by atoms with Crippen LogP contribution in [-0.4, -0.2) is 60.7 Å². The molecule has 0 atom stereocenters. The SMILES string of the molecule is CCCN(OCc1ccc(N)cc1)C(=O)C1=Cc2ccc(C(=O)NCCOCCO)cc2N=C(N)C1. The molecule has 0 saturated carbocycles. The van der Waals surface area contributed by atoms with Gasteiger partial charge in [0.1, 0.15) is 12.4 Å². The van der Waals surface area contributed by atoms with Crippen LogP contribution in [0.2, 0.25) is 0 Å². The molecule has 0 fully saturated rings. The van der Waals surface area contributed by atoms with Gasteiger partial charge in [0.2, 0.25) is 0 Å². The van der Waals surface area contributed by atoms with Crippen molar-refractivity contribution >= 4 is 35.1 Å². The van der Waals surface area contributed by atoms with E-state index in [1.807, 2.05) is 19.1 Å². The lowest BCUT2D eigenvalue weighted by Crippen LogP contribution is -2.34. The number of fused-ring (bicyclic) bond motifs is 1. The predicted octanol–water partition coefficient (Wildman–Crippen LogP) is 2.15. The zero-order valence-electron chi connectivity index (χ0n) is 20.4. The second-order valence-electron chi connectivity index (χ2n) is 8.24. The van der Waals surface area contributed by atoms with Crippen molar-refractivity contribution in [3.63, 3.8) is 0 Å². The van der Waals surface area contributed by atoms with Gasteiger partial charge in [-0.2, -0.15) is 0 Å². The Balaban J connectivity index is 1.73. The van der Waals surface area contributed by atoms with Crippen LogP contribution in [0.25, 0.3) is 6.08 Å². The zero-order chi connectivity index (χ0) is 25.9. The number of benzene rings is 2. The second kappa shape index (κ2) is 13.4. The third kappa shape index (κ3) is 7.64. The lowest BCUT2D eigenvalue weighted by atomic mass is 10.0. The van der Waals surface area contributed by atoms with Gasteiger partial charge in [0, 0.05) is 41.9 Å². The van der Waals surface area contributed by atoms with Gasteiger partial charge in [-0.3, -0.25) is 14.4 Å². The highest BCUT2D eigenvalue weighted by Gasteiger charge is 2.22. The molecule has 2 amide bonds. The monoisotopic (exact) mass is 495 g/mol. The number of anilines is 1. The van der Waals surface area contributed by atoms with E-state index < -0.39 is 0 Å². The topological polar surface area (TPSA) is 152 Å². The number of amides is 2. The number of aliphatic imine (C=N–C) groups is 1. The summed E-state index contributed by atoms with van der Waals surface area (Å²) in [4.78, 5) is 36.1. The molecule has 36 heavy (non-hydrogen) atoms. The maximum atomic E-state index is 13.4. The number of aliphatic hydroxyl groups is 1. The number of nitrogen functional groups attached to an aromatic ring is 1. The number of amidine groups is 1. The summed E-state index contributed by atoms with van der Waals surface area (Å²) in [6.07, 6.45) is 2.60. The highest BCUT2D eigenvalue weighted by Crippen LogP contribution is 2.28. The number of rotatable bonds is 12. The van der Waals surface area contributed by atoms with E-state index in [9.17, 15) is 9.59 Å². The molecular weight excluding hydrogens is 462 g/mol. The maximum absolute atomic E-state index is 13.4. The van der Waals surface area contributed by atoms with E-state index in [1.54, 1.807) is 36.4 Å². The molecule has 0 aliphatic carbocycles. The van der Waals surface area contributed by atoms with Gasteiger partial charge in [-0.05, 0) is 42.3 Å². The lowest BCUT2D eigenvalue weighted by Gasteiger charge is -2.22. The number of nitrogens with one attached hydrogen (secondary N) is 1. The smallest absolute Gasteiger partial charge is 0.273 e. The van der Waals surface area contributed by atoms with Crippen molar-refractivity contribution in [1.29, 1.82) is 0 Å². The van der Waals surface area contributed by atoms with Crippen LogP contribution in [0, 0.1) is 0 Å². The summed E-state index contributed by atoms with van der Waals surface area (Å²) in [5.74, 6) is -0.310. The van der Waals surface area contributed by atoms with Crippen LogP contribution in [-0.2, 0) is 21.0 Å². The Morgan fingerprint density at radius 2 is 1.92 bits per heavy atom. The van der Waals surface area contributed by atoms with Crippen LogP contribution in [0.1, 0.15) is 41.3 Å². The van der Waals surface area contributed by atoms with Crippen molar-refractivity contribution in [2.75, 3.05) is 38.6 Å². The van der Waals surface area contributed by atoms with Crippen molar-refractivity contribution in [3.05, 3.63) is 64.7 Å². The molecule has 3 rings (SSSR count). The molecular formula is C26H33N5O5. The van der Waals surface area contributed by atoms with E-state index in [-0.39, 0.29) is 43.9 Å². The Bertz CT molecular complexity index is 1110. The Morgan fingerprint density at radius 3 is 2.64 bits per heavy atom. The van der Waals surface area contributed by atoms with E-state index in [0.717, 1.165) is 5.56 Å². The third-order valence-electron chi connectivity index (χ3n) is 5.32. The molecule has 1 aliphatic rings. The molecule has 10 nitrogen and oxygen atoms in total. The van der Waals surface area contributed by atoms with E-state index in [1.165, 1.54) is 5.06 Å². The molecule has 0 bridgehead atoms. The van der Waals surface area contributed by atoms with E-state index in [2.05, 4.69) is 10.3 Å². The summed E-state index contributed by atoms with van der Waals surface area (Å²) in [5.41, 5.74) is 15.5. The van der Waals surface area contributed by atoms with Crippen molar-refractivity contribution in [3.8, 4) is 0 Å². The van der Waals surface area contributed by atoms with Crippen molar-refractivity contribution in [2.45, 2.75) is 26.4 Å². The van der Waals surface area contributed by atoms with Crippen LogP contribution < -0.4 is 16.8 Å².